The highest BCUT2D eigenvalue weighted by Gasteiger charge is 2.12. The monoisotopic (exact) mass is 512 g/mol. The van der Waals surface area contributed by atoms with Gasteiger partial charge in [0.15, 0.2) is 0 Å². The van der Waals surface area contributed by atoms with E-state index < -0.39 is 0 Å². The lowest BCUT2D eigenvalue weighted by Gasteiger charge is -2.22. The first-order chi connectivity index (χ1) is 17.7. The Morgan fingerprint density at radius 2 is 1.00 bits per heavy atom. The molecule has 6 heteroatoms. The maximum Gasteiger partial charge on any atom is 0.222 e. The Labute approximate surface area is 223 Å². The van der Waals surface area contributed by atoms with Crippen LogP contribution in [0.4, 0.5) is 0 Å². The predicted molar refractivity (Wildman–Crippen MR) is 151 cm³/mol. The van der Waals surface area contributed by atoms with Crippen LogP contribution in [0.25, 0.3) is 0 Å². The van der Waals surface area contributed by atoms with Crippen molar-refractivity contribution in [3.8, 4) is 0 Å². The first-order valence-corrected chi connectivity index (χ1v) is 15.4. The third-order valence-corrected chi connectivity index (χ3v) is 6.98. The number of hydrogen-bond acceptors (Lipinski definition) is 4. The summed E-state index contributed by atoms with van der Waals surface area (Å²) in [6.45, 7) is 3.93. The van der Waals surface area contributed by atoms with E-state index >= 15 is 0 Å². The molecule has 0 aliphatic carbocycles. The van der Waals surface area contributed by atoms with E-state index in [4.69, 9.17) is 5.11 Å². The molecule has 0 saturated heterocycles. The van der Waals surface area contributed by atoms with Gasteiger partial charge in [-0.2, -0.15) is 0 Å². The molecule has 0 aliphatic heterocycles. The molecule has 0 aliphatic rings. The summed E-state index contributed by atoms with van der Waals surface area (Å²) in [6.07, 6.45) is 25.6. The maximum absolute atomic E-state index is 12.5. The van der Waals surface area contributed by atoms with Crippen LogP contribution in [0, 0.1) is 0 Å². The molecule has 0 rings (SSSR count). The van der Waals surface area contributed by atoms with E-state index in [1.807, 2.05) is 4.90 Å². The molecular weight excluding hydrogens is 452 g/mol. The van der Waals surface area contributed by atoms with Crippen molar-refractivity contribution in [1.29, 1.82) is 0 Å². The van der Waals surface area contributed by atoms with E-state index in [0.29, 0.717) is 25.9 Å². The van der Waals surface area contributed by atoms with E-state index in [-0.39, 0.29) is 25.0 Å². The molecule has 0 unspecified atom stereocenters. The van der Waals surface area contributed by atoms with Gasteiger partial charge in [0.1, 0.15) is 0 Å². The molecule has 0 radical (unpaired) electrons. The normalized spacial score (nSPS) is 11.1. The summed E-state index contributed by atoms with van der Waals surface area (Å²) in [4.78, 5) is 25.8. The Morgan fingerprint density at radius 3 is 1.47 bits per heavy atom. The maximum atomic E-state index is 12.5. The summed E-state index contributed by atoms with van der Waals surface area (Å²) in [5, 5.41) is 20.7. The summed E-state index contributed by atoms with van der Waals surface area (Å²) in [5.74, 6) is 0.268. The van der Waals surface area contributed by atoms with Crippen molar-refractivity contribution in [2.45, 2.75) is 148 Å². The average Bonchev–Trinajstić information content (AvgIpc) is 2.88. The minimum Gasteiger partial charge on any atom is -0.395 e. The van der Waals surface area contributed by atoms with Crippen LogP contribution in [-0.2, 0) is 9.59 Å². The van der Waals surface area contributed by atoms with Crippen molar-refractivity contribution in [3.05, 3.63) is 0 Å². The third-order valence-electron chi connectivity index (χ3n) is 6.98. The smallest absolute Gasteiger partial charge is 0.222 e. The number of nitrogens with one attached hydrogen (secondary N) is 1. The highest BCUT2D eigenvalue weighted by Crippen LogP contribution is 2.14. The summed E-state index contributed by atoms with van der Waals surface area (Å²) < 4.78 is 0. The van der Waals surface area contributed by atoms with Gasteiger partial charge < -0.3 is 20.4 Å². The van der Waals surface area contributed by atoms with Crippen molar-refractivity contribution in [2.75, 3.05) is 32.8 Å². The van der Waals surface area contributed by atoms with Gasteiger partial charge in [-0.1, -0.05) is 116 Å². The van der Waals surface area contributed by atoms with Crippen LogP contribution in [0.3, 0.4) is 0 Å². The Morgan fingerprint density at radius 1 is 0.556 bits per heavy atom. The quantitative estimate of drug-likeness (QED) is 0.104. The largest absolute Gasteiger partial charge is 0.395 e. The van der Waals surface area contributed by atoms with Gasteiger partial charge in [-0.05, 0) is 19.3 Å². The lowest BCUT2D eigenvalue weighted by Crippen LogP contribution is -2.34. The molecule has 0 heterocycles. The molecule has 214 valence electrons. The number of hydrogen-bond donors (Lipinski definition) is 3. The summed E-state index contributed by atoms with van der Waals surface area (Å²) >= 11 is 0. The van der Waals surface area contributed by atoms with Gasteiger partial charge in [0.05, 0.1) is 13.2 Å². The van der Waals surface area contributed by atoms with Crippen molar-refractivity contribution in [1.82, 2.24) is 10.2 Å². The molecule has 36 heavy (non-hydrogen) atoms. The fraction of sp³-hybridized carbons (Fsp3) is 0.933. The van der Waals surface area contributed by atoms with E-state index in [1.54, 1.807) is 0 Å². The van der Waals surface area contributed by atoms with Crippen LogP contribution < -0.4 is 5.32 Å². The van der Waals surface area contributed by atoms with E-state index in [9.17, 15) is 14.7 Å². The molecule has 3 N–H and O–H groups in total. The highest BCUT2D eigenvalue weighted by atomic mass is 16.3. The van der Waals surface area contributed by atoms with Gasteiger partial charge in [-0.3, -0.25) is 9.59 Å². The van der Waals surface area contributed by atoms with Crippen LogP contribution in [0.15, 0.2) is 0 Å². The number of unbranched alkanes of at least 4 members (excludes halogenated alkanes) is 18. The minimum absolute atomic E-state index is 0.00696. The topological polar surface area (TPSA) is 89.9 Å². The molecule has 0 atom stereocenters. The number of carbonyl (C=O) groups is 2. The first-order valence-electron chi connectivity index (χ1n) is 15.4. The highest BCUT2D eigenvalue weighted by molar-refractivity contribution is 5.76. The zero-order valence-corrected chi connectivity index (χ0v) is 23.8. The number of nitrogens with zero attached hydrogens (tertiary/aromatic N) is 1. The van der Waals surface area contributed by atoms with Crippen LogP contribution in [-0.4, -0.2) is 59.8 Å². The van der Waals surface area contributed by atoms with Gasteiger partial charge in [-0.25, -0.2) is 0 Å². The van der Waals surface area contributed by atoms with Crippen LogP contribution in [0.5, 0.6) is 0 Å². The minimum atomic E-state index is 0.00696. The Kier molecular flexibility index (Phi) is 27.5. The average molecular weight is 513 g/mol. The fourth-order valence-electron chi connectivity index (χ4n) is 4.69. The van der Waals surface area contributed by atoms with Gasteiger partial charge in [-0.15, -0.1) is 0 Å². The fourth-order valence-corrected chi connectivity index (χ4v) is 4.69. The van der Waals surface area contributed by atoms with E-state index in [1.165, 1.54) is 89.9 Å². The molecule has 2 amide bonds. The van der Waals surface area contributed by atoms with Crippen molar-refractivity contribution in [3.63, 3.8) is 0 Å². The molecule has 0 saturated carbocycles. The number of aliphatic hydroxyl groups excluding tert-OH is 2. The molecular formula is C30H60N2O4. The lowest BCUT2D eigenvalue weighted by molar-refractivity contribution is -0.132. The van der Waals surface area contributed by atoms with Crippen molar-refractivity contribution >= 4 is 11.8 Å². The zero-order chi connectivity index (χ0) is 26.5. The zero-order valence-electron chi connectivity index (χ0n) is 23.8. The molecule has 6 nitrogen and oxygen atoms in total. The number of rotatable bonds is 28. The Bertz CT molecular complexity index is 488. The molecule has 0 spiro atoms. The summed E-state index contributed by atoms with van der Waals surface area (Å²) in [6, 6.07) is 0. The SMILES string of the molecule is CCCCCCCCCCCC(=O)N(CCO)CCCCCCCCCCCCCC(=O)NCCO. The van der Waals surface area contributed by atoms with Crippen LogP contribution in [0.2, 0.25) is 0 Å². The molecule has 0 aromatic heterocycles. The number of amides is 2. The standard InChI is InChI=1S/C30H60N2O4/c1-2-3-4-5-6-10-14-17-20-23-30(36)32(26-28-34)25-21-18-15-12-9-7-8-11-13-16-19-22-29(35)31-24-27-33/h33-34H,2-28H2,1H3,(H,31,35). The number of carbonyl (C=O) groups excluding carboxylic acids is 2. The lowest BCUT2D eigenvalue weighted by atomic mass is 10.0. The second kappa shape index (κ2) is 28.4. The summed E-state index contributed by atoms with van der Waals surface area (Å²) in [5.41, 5.74) is 0. The molecule has 0 aromatic rings. The van der Waals surface area contributed by atoms with E-state index in [2.05, 4.69) is 12.2 Å². The van der Waals surface area contributed by atoms with Crippen LogP contribution in [0.1, 0.15) is 148 Å². The van der Waals surface area contributed by atoms with Crippen molar-refractivity contribution in [2.24, 2.45) is 0 Å². The van der Waals surface area contributed by atoms with Gasteiger partial charge >= 0.3 is 0 Å². The number of aliphatic hydroxyl groups is 2. The van der Waals surface area contributed by atoms with Gasteiger partial charge in [0.2, 0.25) is 11.8 Å². The molecule has 0 aromatic carbocycles. The predicted octanol–water partition coefficient (Wildman–Crippen LogP) is 6.52. The summed E-state index contributed by atoms with van der Waals surface area (Å²) in [7, 11) is 0. The van der Waals surface area contributed by atoms with Crippen LogP contribution >= 0.6 is 0 Å². The first kappa shape index (κ1) is 34.9. The second-order valence-electron chi connectivity index (χ2n) is 10.4. The van der Waals surface area contributed by atoms with E-state index in [0.717, 1.165) is 45.1 Å². The Hall–Kier alpha value is -1.14. The Balaban J connectivity index is 3.55. The molecule has 0 fully saturated rings. The van der Waals surface area contributed by atoms with Gasteiger partial charge in [0.25, 0.3) is 0 Å². The molecule has 0 bridgehead atoms. The third kappa shape index (κ3) is 24.5. The van der Waals surface area contributed by atoms with Gasteiger partial charge in [0, 0.05) is 32.5 Å². The van der Waals surface area contributed by atoms with Crippen molar-refractivity contribution < 1.29 is 19.8 Å². The second-order valence-corrected chi connectivity index (χ2v) is 10.4.